The van der Waals surface area contributed by atoms with Gasteiger partial charge in [0.1, 0.15) is 5.75 Å². The average molecular weight is 220 g/mol. The monoisotopic (exact) mass is 220 g/mol. The topological polar surface area (TPSA) is 55.6 Å². The Hall–Kier alpha value is -1.55. The summed E-state index contributed by atoms with van der Waals surface area (Å²) >= 11 is 0. The highest BCUT2D eigenvalue weighted by Crippen LogP contribution is 2.38. The third-order valence-corrected chi connectivity index (χ3v) is 2.93. The number of methoxy groups -OCH3 is 1. The minimum atomic E-state index is 0.132. The number of hydrogen-bond donors (Lipinski definition) is 1. The fourth-order valence-electron chi connectivity index (χ4n) is 2.09. The van der Waals surface area contributed by atoms with E-state index >= 15 is 0 Å². The van der Waals surface area contributed by atoms with Crippen molar-refractivity contribution >= 4 is 5.91 Å². The maximum absolute atomic E-state index is 11.4. The molecule has 1 aromatic rings. The van der Waals surface area contributed by atoms with Crippen LogP contribution >= 0.6 is 0 Å². The van der Waals surface area contributed by atoms with Crippen molar-refractivity contribution in [2.24, 2.45) is 5.73 Å². The van der Waals surface area contributed by atoms with Gasteiger partial charge in [0.15, 0.2) is 0 Å². The number of hydrogen-bond acceptors (Lipinski definition) is 3. The van der Waals surface area contributed by atoms with Gasteiger partial charge in [0.2, 0.25) is 5.91 Å². The Morgan fingerprint density at radius 3 is 2.88 bits per heavy atom. The van der Waals surface area contributed by atoms with E-state index in [0.29, 0.717) is 19.5 Å². The lowest BCUT2D eigenvalue weighted by atomic mass is 9.93. The summed E-state index contributed by atoms with van der Waals surface area (Å²) in [5, 5.41) is 0. The second-order valence-corrected chi connectivity index (χ2v) is 3.84. The Bertz CT molecular complexity index is 392. The fourth-order valence-corrected chi connectivity index (χ4v) is 2.09. The molecule has 1 heterocycles. The van der Waals surface area contributed by atoms with E-state index in [1.54, 1.807) is 12.0 Å². The number of carbonyl (C=O) groups excluding carboxylic acids is 1. The summed E-state index contributed by atoms with van der Waals surface area (Å²) in [6.45, 7) is 1.11. The largest absolute Gasteiger partial charge is 0.496 e. The molecule has 0 radical (unpaired) electrons. The first kappa shape index (κ1) is 11.0. The second kappa shape index (κ2) is 4.53. The maximum atomic E-state index is 11.4. The summed E-state index contributed by atoms with van der Waals surface area (Å²) < 4.78 is 5.29. The lowest BCUT2D eigenvalue weighted by Crippen LogP contribution is -2.48. The summed E-state index contributed by atoms with van der Waals surface area (Å²) in [6.07, 6.45) is 0.556. The molecule has 1 saturated heterocycles. The number of nitrogens with two attached hydrogens (primary N) is 1. The summed E-state index contributed by atoms with van der Waals surface area (Å²) in [5.41, 5.74) is 6.55. The molecule has 0 spiro atoms. The van der Waals surface area contributed by atoms with Crippen molar-refractivity contribution in [1.82, 2.24) is 4.90 Å². The first-order valence-corrected chi connectivity index (χ1v) is 5.40. The predicted molar refractivity (Wildman–Crippen MR) is 61.1 cm³/mol. The zero-order valence-electron chi connectivity index (χ0n) is 9.35. The summed E-state index contributed by atoms with van der Waals surface area (Å²) in [7, 11) is 1.65. The van der Waals surface area contributed by atoms with Crippen LogP contribution in [0, 0.1) is 0 Å². The van der Waals surface area contributed by atoms with Crippen molar-refractivity contribution in [3.05, 3.63) is 29.8 Å². The quantitative estimate of drug-likeness (QED) is 0.768. The average Bonchev–Trinajstić information content (AvgIpc) is 2.33. The summed E-state index contributed by atoms with van der Waals surface area (Å²) in [6, 6.07) is 7.93. The highest BCUT2D eigenvalue weighted by atomic mass is 16.5. The lowest BCUT2D eigenvalue weighted by Gasteiger charge is -2.41. The van der Waals surface area contributed by atoms with Crippen LogP contribution in [-0.2, 0) is 4.79 Å². The molecular weight excluding hydrogens is 204 g/mol. The molecule has 0 saturated carbocycles. The van der Waals surface area contributed by atoms with Gasteiger partial charge in [0.25, 0.3) is 0 Å². The molecule has 0 bridgehead atoms. The fraction of sp³-hybridized carbons (Fsp3) is 0.417. The van der Waals surface area contributed by atoms with E-state index in [0.717, 1.165) is 11.3 Å². The van der Waals surface area contributed by atoms with Crippen LogP contribution in [0.25, 0.3) is 0 Å². The number of carbonyl (C=O) groups is 1. The molecule has 1 atom stereocenters. The van der Waals surface area contributed by atoms with Crippen molar-refractivity contribution in [2.75, 3.05) is 20.2 Å². The molecular formula is C12H16N2O2. The zero-order chi connectivity index (χ0) is 11.5. The van der Waals surface area contributed by atoms with E-state index in [1.807, 2.05) is 24.3 Å². The van der Waals surface area contributed by atoms with Gasteiger partial charge >= 0.3 is 0 Å². The highest BCUT2D eigenvalue weighted by molar-refractivity contribution is 5.84. The Kier molecular flexibility index (Phi) is 3.10. The Morgan fingerprint density at radius 1 is 1.50 bits per heavy atom. The molecule has 0 aromatic heterocycles. The van der Waals surface area contributed by atoms with Crippen molar-refractivity contribution in [2.45, 2.75) is 12.5 Å². The van der Waals surface area contributed by atoms with E-state index in [9.17, 15) is 4.79 Å². The van der Waals surface area contributed by atoms with Crippen LogP contribution in [0.4, 0.5) is 0 Å². The van der Waals surface area contributed by atoms with Gasteiger partial charge < -0.3 is 15.4 Å². The molecule has 1 aliphatic heterocycles. The van der Waals surface area contributed by atoms with Crippen LogP contribution in [0.15, 0.2) is 24.3 Å². The number of amides is 1. The van der Waals surface area contributed by atoms with Crippen molar-refractivity contribution in [3.63, 3.8) is 0 Å². The van der Waals surface area contributed by atoms with Crippen LogP contribution in [0.1, 0.15) is 18.0 Å². The van der Waals surface area contributed by atoms with E-state index < -0.39 is 0 Å². The molecule has 2 N–H and O–H groups in total. The second-order valence-electron chi connectivity index (χ2n) is 3.84. The lowest BCUT2D eigenvalue weighted by molar-refractivity contribution is -0.146. The van der Waals surface area contributed by atoms with Gasteiger partial charge in [-0.25, -0.2) is 0 Å². The molecule has 1 amide bonds. The van der Waals surface area contributed by atoms with Gasteiger partial charge in [-0.2, -0.15) is 0 Å². The van der Waals surface area contributed by atoms with E-state index in [4.69, 9.17) is 10.5 Å². The number of rotatable bonds is 4. The number of β-lactam (4-membered cyclic amide) rings is 1. The maximum Gasteiger partial charge on any atom is 0.225 e. The van der Waals surface area contributed by atoms with E-state index in [1.165, 1.54) is 0 Å². The number of para-hydroxylation sites is 1. The highest BCUT2D eigenvalue weighted by Gasteiger charge is 2.37. The van der Waals surface area contributed by atoms with Crippen LogP contribution < -0.4 is 10.5 Å². The van der Waals surface area contributed by atoms with Gasteiger partial charge in [-0.05, 0) is 6.07 Å². The number of nitrogens with zero attached hydrogens (tertiary/aromatic N) is 1. The van der Waals surface area contributed by atoms with Crippen LogP contribution in [0.5, 0.6) is 5.75 Å². The molecule has 16 heavy (non-hydrogen) atoms. The van der Waals surface area contributed by atoms with Crippen molar-refractivity contribution < 1.29 is 9.53 Å². The van der Waals surface area contributed by atoms with Crippen molar-refractivity contribution in [3.8, 4) is 5.75 Å². The standard InChI is InChI=1S/C12H16N2O2/c1-16-11-5-3-2-4-9(11)10-8-12(15)14(10)7-6-13/h2-5,10H,6-8,13H2,1H3. The van der Waals surface area contributed by atoms with E-state index in [2.05, 4.69) is 0 Å². The van der Waals surface area contributed by atoms with Crippen LogP contribution in [0.3, 0.4) is 0 Å². The Labute approximate surface area is 95.0 Å². The number of ether oxygens (including phenoxy) is 1. The molecule has 1 aromatic carbocycles. The molecule has 1 aliphatic rings. The van der Waals surface area contributed by atoms with E-state index in [-0.39, 0.29) is 11.9 Å². The first-order valence-electron chi connectivity index (χ1n) is 5.40. The third kappa shape index (κ3) is 1.76. The Morgan fingerprint density at radius 2 is 2.25 bits per heavy atom. The molecule has 2 rings (SSSR count). The number of likely N-dealkylation sites (tertiary alicyclic amines) is 1. The minimum absolute atomic E-state index is 0.132. The third-order valence-electron chi connectivity index (χ3n) is 2.93. The normalized spacial score (nSPS) is 19.5. The predicted octanol–water partition coefficient (Wildman–Crippen LogP) is 0.927. The van der Waals surface area contributed by atoms with Gasteiger partial charge in [-0.1, -0.05) is 18.2 Å². The SMILES string of the molecule is COc1ccccc1C1CC(=O)N1CCN. The summed E-state index contributed by atoms with van der Waals surface area (Å²) in [5.74, 6) is 1.00. The van der Waals surface area contributed by atoms with Gasteiger partial charge in [0.05, 0.1) is 19.6 Å². The van der Waals surface area contributed by atoms with Gasteiger partial charge in [-0.15, -0.1) is 0 Å². The summed E-state index contributed by atoms with van der Waals surface area (Å²) in [4.78, 5) is 13.2. The smallest absolute Gasteiger partial charge is 0.225 e. The van der Waals surface area contributed by atoms with Crippen LogP contribution in [-0.4, -0.2) is 31.0 Å². The molecule has 1 fully saturated rings. The first-order chi connectivity index (χ1) is 7.77. The van der Waals surface area contributed by atoms with Crippen LogP contribution in [0.2, 0.25) is 0 Å². The van der Waals surface area contributed by atoms with Gasteiger partial charge in [0, 0.05) is 18.7 Å². The Balaban J connectivity index is 2.21. The zero-order valence-corrected chi connectivity index (χ0v) is 9.35. The van der Waals surface area contributed by atoms with Crippen molar-refractivity contribution in [1.29, 1.82) is 0 Å². The number of benzene rings is 1. The molecule has 1 unspecified atom stereocenters. The molecule has 86 valence electrons. The minimum Gasteiger partial charge on any atom is -0.496 e. The molecule has 0 aliphatic carbocycles. The molecule has 4 nitrogen and oxygen atoms in total. The molecule has 4 heteroatoms. The van der Waals surface area contributed by atoms with Gasteiger partial charge in [-0.3, -0.25) is 4.79 Å².